The van der Waals surface area contributed by atoms with E-state index in [1.54, 1.807) is 0 Å². The van der Waals surface area contributed by atoms with E-state index in [1.807, 2.05) is 35.2 Å². The van der Waals surface area contributed by atoms with Gasteiger partial charge in [-0.2, -0.15) is 0 Å². The third-order valence-electron chi connectivity index (χ3n) is 4.53. The molecule has 4 nitrogen and oxygen atoms in total. The number of hydrogen-bond donors (Lipinski definition) is 2. The van der Waals surface area contributed by atoms with Crippen molar-refractivity contribution in [1.82, 2.24) is 4.90 Å². The first kappa shape index (κ1) is 17.0. The van der Waals surface area contributed by atoms with Crippen molar-refractivity contribution in [3.63, 3.8) is 0 Å². The molecular weight excluding hydrogens is 276 g/mol. The van der Waals surface area contributed by atoms with Gasteiger partial charge in [0, 0.05) is 12.6 Å². The zero-order chi connectivity index (χ0) is 15.9. The van der Waals surface area contributed by atoms with E-state index in [-0.39, 0.29) is 11.9 Å². The number of nitrogens with two attached hydrogens (primary N) is 1. The Bertz CT molecular complexity index is 463. The van der Waals surface area contributed by atoms with Crippen LogP contribution < -0.4 is 5.73 Å². The van der Waals surface area contributed by atoms with Crippen LogP contribution in [0.1, 0.15) is 57.1 Å². The van der Waals surface area contributed by atoms with Crippen LogP contribution in [0.5, 0.6) is 0 Å². The lowest BCUT2D eigenvalue weighted by molar-refractivity contribution is -0.134. The number of benzene rings is 1. The number of amides is 1. The number of aliphatic hydroxyl groups is 1. The van der Waals surface area contributed by atoms with Crippen LogP contribution in [-0.2, 0) is 4.79 Å². The number of rotatable bonds is 7. The zero-order valence-electron chi connectivity index (χ0n) is 13.4. The Hall–Kier alpha value is -1.39. The van der Waals surface area contributed by atoms with Gasteiger partial charge in [0.2, 0.25) is 5.91 Å². The topological polar surface area (TPSA) is 66.6 Å². The fourth-order valence-electron chi connectivity index (χ4n) is 3.20. The Kier molecular flexibility index (Phi) is 6.40. The van der Waals surface area contributed by atoms with Crippen molar-refractivity contribution >= 4 is 5.91 Å². The van der Waals surface area contributed by atoms with Crippen LogP contribution >= 0.6 is 0 Å². The van der Waals surface area contributed by atoms with Crippen LogP contribution in [0, 0.1) is 0 Å². The highest BCUT2D eigenvalue weighted by Gasteiger charge is 2.32. The molecule has 122 valence electrons. The van der Waals surface area contributed by atoms with Crippen molar-refractivity contribution in [3.05, 3.63) is 35.9 Å². The quantitative estimate of drug-likeness (QED) is 0.814. The lowest BCUT2D eigenvalue weighted by Gasteiger charge is -2.29. The molecule has 0 saturated carbocycles. The third-order valence-corrected chi connectivity index (χ3v) is 4.53. The van der Waals surface area contributed by atoms with Crippen molar-refractivity contribution in [2.24, 2.45) is 5.73 Å². The minimum Gasteiger partial charge on any atom is -0.388 e. The van der Waals surface area contributed by atoms with E-state index in [4.69, 9.17) is 5.73 Å². The summed E-state index contributed by atoms with van der Waals surface area (Å²) in [5.41, 5.74) is 6.95. The summed E-state index contributed by atoms with van der Waals surface area (Å²) in [4.78, 5) is 14.4. The maximum absolute atomic E-state index is 12.5. The first-order valence-electron chi connectivity index (χ1n) is 8.42. The van der Waals surface area contributed by atoms with E-state index >= 15 is 0 Å². The molecule has 0 aliphatic carbocycles. The van der Waals surface area contributed by atoms with E-state index in [1.165, 1.54) is 0 Å². The van der Waals surface area contributed by atoms with Gasteiger partial charge in [0.1, 0.15) is 0 Å². The van der Waals surface area contributed by atoms with Gasteiger partial charge in [-0.3, -0.25) is 4.79 Å². The standard InChI is InChI=1S/C18H28N2O2/c1-2-3-11-16(19)18(22)20-12-7-10-15(20)13-17(21)14-8-5-4-6-9-14/h4-6,8-9,15-17,21H,2-3,7,10-13,19H2,1H3. The molecule has 1 fully saturated rings. The predicted octanol–water partition coefficient (Wildman–Crippen LogP) is 2.62. The highest BCUT2D eigenvalue weighted by atomic mass is 16.3. The molecule has 1 saturated heterocycles. The smallest absolute Gasteiger partial charge is 0.239 e. The first-order valence-corrected chi connectivity index (χ1v) is 8.42. The van der Waals surface area contributed by atoms with Gasteiger partial charge in [0.05, 0.1) is 12.1 Å². The maximum Gasteiger partial charge on any atom is 0.239 e. The van der Waals surface area contributed by atoms with Crippen molar-refractivity contribution in [2.45, 2.75) is 63.6 Å². The van der Waals surface area contributed by atoms with E-state index in [2.05, 4.69) is 6.92 Å². The van der Waals surface area contributed by atoms with Gasteiger partial charge in [-0.05, 0) is 31.2 Å². The molecular formula is C18H28N2O2. The summed E-state index contributed by atoms with van der Waals surface area (Å²) < 4.78 is 0. The average molecular weight is 304 g/mol. The van der Waals surface area contributed by atoms with Crippen LogP contribution in [0.3, 0.4) is 0 Å². The van der Waals surface area contributed by atoms with E-state index < -0.39 is 12.1 Å². The maximum atomic E-state index is 12.5. The van der Waals surface area contributed by atoms with Crippen LogP contribution in [0.2, 0.25) is 0 Å². The molecule has 3 atom stereocenters. The summed E-state index contributed by atoms with van der Waals surface area (Å²) in [6, 6.07) is 9.37. The van der Waals surface area contributed by atoms with Gasteiger partial charge in [0.25, 0.3) is 0 Å². The van der Waals surface area contributed by atoms with E-state index in [0.29, 0.717) is 6.42 Å². The van der Waals surface area contributed by atoms with Gasteiger partial charge >= 0.3 is 0 Å². The SMILES string of the molecule is CCCCC(N)C(=O)N1CCCC1CC(O)c1ccccc1. The Morgan fingerprint density at radius 3 is 2.82 bits per heavy atom. The lowest BCUT2D eigenvalue weighted by atomic mass is 10.00. The molecule has 1 amide bonds. The lowest BCUT2D eigenvalue weighted by Crippen LogP contribution is -2.46. The molecule has 3 unspecified atom stereocenters. The first-order chi connectivity index (χ1) is 10.6. The monoisotopic (exact) mass is 304 g/mol. The van der Waals surface area contributed by atoms with Gasteiger partial charge in [-0.25, -0.2) is 0 Å². The van der Waals surface area contributed by atoms with Gasteiger partial charge < -0.3 is 15.7 Å². The minimum absolute atomic E-state index is 0.0520. The largest absolute Gasteiger partial charge is 0.388 e. The molecule has 1 aromatic carbocycles. The highest BCUT2D eigenvalue weighted by molar-refractivity contribution is 5.82. The molecule has 1 aliphatic rings. The zero-order valence-corrected chi connectivity index (χ0v) is 13.4. The minimum atomic E-state index is -0.522. The van der Waals surface area contributed by atoms with Crippen LogP contribution in [0.25, 0.3) is 0 Å². The normalized spacial score (nSPS) is 20.9. The van der Waals surface area contributed by atoms with Gasteiger partial charge in [0.15, 0.2) is 0 Å². The molecule has 0 spiro atoms. The highest BCUT2D eigenvalue weighted by Crippen LogP contribution is 2.28. The van der Waals surface area contributed by atoms with Gasteiger partial charge in [-0.15, -0.1) is 0 Å². The molecule has 1 heterocycles. The summed E-state index contributed by atoms with van der Waals surface area (Å²) >= 11 is 0. The molecule has 4 heteroatoms. The molecule has 0 aromatic heterocycles. The van der Waals surface area contributed by atoms with Gasteiger partial charge in [-0.1, -0.05) is 50.1 Å². The molecule has 1 aliphatic heterocycles. The second-order valence-electron chi connectivity index (χ2n) is 6.24. The summed E-state index contributed by atoms with van der Waals surface area (Å²) in [6.45, 7) is 2.87. The Morgan fingerprint density at radius 1 is 1.41 bits per heavy atom. The number of likely N-dealkylation sites (tertiary alicyclic amines) is 1. The summed E-state index contributed by atoms with van der Waals surface area (Å²) in [5, 5.41) is 10.4. The fraction of sp³-hybridized carbons (Fsp3) is 0.611. The Balaban J connectivity index is 1.94. The number of nitrogens with zero attached hydrogens (tertiary/aromatic N) is 1. The predicted molar refractivity (Wildman–Crippen MR) is 88.3 cm³/mol. The number of unbranched alkanes of at least 4 members (excludes halogenated alkanes) is 1. The molecule has 0 radical (unpaired) electrons. The molecule has 3 N–H and O–H groups in total. The molecule has 0 bridgehead atoms. The number of hydrogen-bond acceptors (Lipinski definition) is 3. The second kappa shape index (κ2) is 8.30. The van der Waals surface area contributed by atoms with E-state index in [9.17, 15) is 9.90 Å². The Morgan fingerprint density at radius 2 is 2.14 bits per heavy atom. The Labute approximate surface area is 133 Å². The van der Waals surface area contributed by atoms with Crippen molar-refractivity contribution < 1.29 is 9.90 Å². The van der Waals surface area contributed by atoms with Crippen molar-refractivity contribution in [1.29, 1.82) is 0 Å². The number of carbonyl (C=O) groups excluding carboxylic acids is 1. The third kappa shape index (κ3) is 4.31. The van der Waals surface area contributed by atoms with E-state index in [0.717, 1.165) is 44.2 Å². The second-order valence-corrected chi connectivity index (χ2v) is 6.24. The molecule has 22 heavy (non-hydrogen) atoms. The molecule has 2 rings (SSSR count). The summed E-state index contributed by atoms with van der Waals surface area (Å²) in [7, 11) is 0. The van der Waals surface area contributed by atoms with Crippen LogP contribution in [0.15, 0.2) is 30.3 Å². The van der Waals surface area contributed by atoms with Crippen molar-refractivity contribution in [3.8, 4) is 0 Å². The summed E-state index contributed by atoms with van der Waals surface area (Å²) in [6.07, 6.45) is 4.81. The molecule has 1 aromatic rings. The fourth-order valence-corrected chi connectivity index (χ4v) is 3.20. The summed E-state index contributed by atoms with van der Waals surface area (Å²) in [5.74, 6) is 0.0520. The number of aliphatic hydroxyl groups excluding tert-OH is 1. The number of carbonyl (C=O) groups is 1. The van der Waals surface area contributed by atoms with Crippen LogP contribution in [0.4, 0.5) is 0 Å². The van der Waals surface area contributed by atoms with Crippen LogP contribution in [-0.4, -0.2) is 34.5 Å². The average Bonchev–Trinajstić information content (AvgIpc) is 3.00. The van der Waals surface area contributed by atoms with Crippen molar-refractivity contribution in [2.75, 3.05) is 6.54 Å².